The molecule has 0 aromatic carbocycles. The molecular formula is C11H19NO4. The second-order valence-electron chi connectivity index (χ2n) is 5.13. The molecule has 0 aliphatic carbocycles. The zero-order valence-corrected chi connectivity index (χ0v) is 10.4. The number of carbonyl (C=O) groups excluding carboxylic acids is 2. The van der Waals surface area contributed by atoms with Crippen LogP contribution in [0.25, 0.3) is 0 Å². The summed E-state index contributed by atoms with van der Waals surface area (Å²) in [6.07, 6.45) is -0.619. The Hall–Kier alpha value is -1.26. The monoisotopic (exact) mass is 229 g/mol. The van der Waals surface area contributed by atoms with E-state index in [2.05, 4.69) is 0 Å². The number of amides is 1. The summed E-state index contributed by atoms with van der Waals surface area (Å²) in [5.74, 6) is -0.360. The fourth-order valence-corrected chi connectivity index (χ4v) is 1.17. The number of nitrogens with zero attached hydrogens (tertiary/aromatic N) is 1. The van der Waals surface area contributed by atoms with Gasteiger partial charge in [-0.1, -0.05) is 0 Å². The second kappa shape index (κ2) is 4.31. The molecule has 0 radical (unpaired) electrons. The zero-order valence-electron chi connectivity index (χ0n) is 10.4. The van der Waals surface area contributed by atoms with Gasteiger partial charge in [0.15, 0.2) is 6.04 Å². The molecule has 16 heavy (non-hydrogen) atoms. The fraction of sp³-hybridized carbons (Fsp3) is 0.818. The molecule has 5 nitrogen and oxygen atoms in total. The largest absolute Gasteiger partial charge is 0.461 e. The number of esters is 1. The summed E-state index contributed by atoms with van der Waals surface area (Å²) in [6.45, 7) is 9.30. The minimum absolute atomic E-state index is 0.159. The Balaban J connectivity index is 2.39. The van der Waals surface area contributed by atoms with Crippen molar-refractivity contribution in [3.63, 3.8) is 0 Å². The zero-order chi connectivity index (χ0) is 12.5. The molecule has 1 unspecified atom stereocenters. The summed E-state index contributed by atoms with van der Waals surface area (Å²) in [4.78, 5) is 24.3. The van der Waals surface area contributed by atoms with E-state index >= 15 is 0 Å². The van der Waals surface area contributed by atoms with Crippen LogP contribution in [0, 0.1) is 0 Å². The molecule has 92 valence electrons. The van der Waals surface area contributed by atoms with Crippen molar-refractivity contribution in [2.75, 3.05) is 6.54 Å². The molecule has 1 saturated heterocycles. The van der Waals surface area contributed by atoms with Crippen LogP contribution in [-0.2, 0) is 14.3 Å². The molecule has 0 aromatic heterocycles. The Bertz CT molecular complexity index is 293. The van der Waals surface area contributed by atoms with Crippen LogP contribution in [0.4, 0.5) is 4.79 Å². The first kappa shape index (κ1) is 12.8. The normalized spacial score (nSPS) is 19.6. The number of hydrogen-bond donors (Lipinski definition) is 0. The van der Waals surface area contributed by atoms with E-state index in [1.54, 1.807) is 34.6 Å². The van der Waals surface area contributed by atoms with E-state index in [-0.39, 0.29) is 12.1 Å². The van der Waals surface area contributed by atoms with Crippen LogP contribution >= 0.6 is 0 Å². The summed E-state index contributed by atoms with van der Waals surface area (Å²) >= 11 is 0. The van der Waals surface area contributed by atoms with Crippen molar-refractivity contribution in [3.05, 3.63) is 0 Å². The van der Waals surface area contributed by atoms with Crippen molar-refractivity contribution in [2.45, 2.75) is 52.4 Å². The lowest BCUT2D eigenvalue weighted by atomic mass is 10.2. The number of ether oxygens (including phenoxy) is 2. The Kier molecular flexibility index (Phi) is 3.45. The molecule has 1 fully saturated rings. The van der Waals surface area contributed by atoms with Crippen LogP contribution in [0.15, 0.2) is 0 Å². The van der Waals surface area contributed by atoms with E-state index < -0.39 is 17.7 Å². The number of carbonyl (C=O) groups is 2. The predicted octanol–water partition coefficient (Wildman–Crippen LogP) is 1.56. The Labute approximate surface area is 95.7 Å². The van der Waals surface area contributed by atoms with Gasteiger partial charge in [-0.25, -0.2) is 9.59 Å². The van der Waals surface area contributed by atoms with Crippen molar-refractivity contribution in [2.24, 2.45) is 0 Å². The van der Waals surface area contributed by atoms with E-state index in [4.69, 9.17) is 9.47 Å². The molecule has 0 N–H and O–H groups in total. The van der Waals surface area contributed by atoms with Gasteiger partial charge in [-0.3, -0.25) is 4.90 Å². The van der Waals surface area contributed by atoms with Crippen LogP contribution in [0.5, 0.6) is 0 Å². The molecule has 0 saturated carbocycles. The SMILES string of the molecule is CC(C)OC(=O)C1CN1C(=O)OC(C)(C)C. The average Bonchev–Trinajstić information content (AvgIpc) is 2.76. The second-order valence-corrected chi connectivity index (χ2v) is 5.13. The highest BCUT2D eigenvalue weighted by Crippen LogP contribution is 2.23. The van der Waals surface area contributed by atoms with E-state index in [1.165, 1.54) is 4.90 Å². The minimum Gasteiger partial charge on any atom is -0.461 e. The molecule has 1 atom stereocenters. The summed E-state index contributed by atoms with van der Waals surface area (Å²) < 4.78 is 10.1. The van der Waals surface area contributed by atoms with Crippen molar-refractivity contribution in [1.29, 1.82) is 0 Å². The molecular weight excluding hydrogens is 210 g/mol. The van der Waals surface area contributed by atoms with E-state index in [9.17, 15) is 9.59 Å². The van der Waals surface area contributed by atoms with Crippen molar-refractivity contribution in [1.82, 2.24) is 4.90 Å². The minimum atomic E-state index is -0.536. The van der Waals surface area contributed by atoms with Gasteiger partial charge < -0.3 is 9.47 Å². The lowest BCUT2D eigenvalue weighted by Gasteiger charge is -2.19. The Morgan fingerprint density at radius 2 is 1.88 bits per heavy atom. The van der Waals surface area contributed by atoms with Crippen LogP contribution in [-0.4, -0.2) is 41.3 Å². The smallest absolute Gasteiger partial charge is 0.411 e. The molecule has 0 bridgehead atoms. The van der Waals surface area contributed by atoms with Gasteiger partial charge in [-0.2, -0.15) is 0 Å². The maximum atomic E-state index is 11.5. The third-order valence-corrected chi connectivity index (χ3v) is 1.86. The highest BCUT2D eigenvalue weighted by molar-refractivity contribution is 5.87. The van der Waals surface area contributed by atoms with Gasteiger partial charge in [-0.05, 0) is 34.6 Å². The van der Waals surface area contributed by atoms with Crippen molar-refractivity contribution < 1.29 is 19.1 Å². The average molecular weight is 229 g/mol. The van der Waals surface area contributed by atoms with Crippen LogP contribution in [0.3, 0.4) is 0 Å². The van der Waals surface area contributed by atoms with Gasteiger partial charge in [0, 0.05) is 0 Å². The quantitative estimate of drug-likeness (QED) is 0.532. The van der Waals surface area contributed by atoms with E-state index in [1.807, 2.05) is 0 Å². The lowest BCUT2D eigenvalue weighted by Crippen LogP contribution is -2.30. The highest BCUT2D eigenvalue weighted by atomic mass is 16.6. The maximum Gasteiger partial charge on any atom is 0.411 e. The van der Waals surface area contributed by atoms with Gasteiger partial charge in [-0.15, -0.1) is 0 Å². The molecule has 1 heterocycles. The number of rotatable bonds is 2. The van der Waals surface area contributed by atoms with E-state index in [0.29, 0.717) is 6.54 Å². The third kappa shape index (κ3) is 3.72. The highest BCUT2D eigenvalue weighted by Gasteiger charge is 2.47. The van der Waals surface area contributed by atoms with Crippen molar-refractivity contribution >= 4 is 12.1 Å². The van der Waals surface area contributed by atoms with Gasteiger partial charge in [0.2, 0.25) is 0 Å². The van der Waals surface area contributed by atoms with Crippen molar-refractivity contribution in [3.8, 4) is 0 Å². The van der Waals surface area contributed by atoms with Crippen LogP contribution in [0.2, 0.25) is 0 Å². The summed E-state index contributed by atoms with van der Waals surface area (Å²) in [6, 6.07) is -0.461. The van der Waals surface area contributed by atoms with Crippen LogP contribution in [0.1, 0.15) is 34.6 Å². The molecule has 0 spiro atoms. The summed E-state index contributed by atoms with van der Waals surface area (Å²) in [7, 11) is 0. The molecule has 1 aliphatic heterocycles. The summed E-state index contributed by atoms with van der Waals surface area (Å²) in [5.41, 5.74) is -0.536. The molecule has 1 aliphatic rings. The topological polar surface area (TPSA) is 55.6 Å². The first-order valence-electron chi connectivity index (χ1n) is 5.41. The Morgan fingerprint density at radius 3 is 2.31 bits per heavy atom. The molecule has 0 aromatic rings. The third-order valence-electron chi connectivity index (χ3n) is 1.86. The standard InChI is InChI=1S/C11H19NO4/c1-7(2)15-9(13)8-6-12(8)10(14)16-11(3,4)5/h7-8H,6H2,1-5H3. The molecule has 1 rings (SSSR count). The van der Waals surface area contributed by atoms with Gasteiger partial charge in [0.05, 0.1) is 12.6 Å². The molecule has 1 amide bonds. The van der Waals surface area contributed by atoms with Gasteiger partial charge in [0.1, 0.15) is 5.60 Å². The molecule has 5 heteroatoms. The van der Waals surface area contributed by atoms with Crippen LogP contribution < -0.4 is 0 Å². The maximum absolute atomic E-state index is 11.5. The fourth-order valence-electron chi connectivity index (χ4n) is 1.17. The summed E-state index contributed by atoms with van der Waals surface area (Å²) in [5, 5.41) is 0. The Morgan fingerprint density at radius 1 is 1.31 bits per heavy atom. The lowest BCUT2D eigenvalue weighted by molar-refractivity contribution is -0.147. The first-order valence-corrected chi connectivity index (χ1v) is 5.41. The number of hydrogen-bond acceptors (Lipinski definition) is 4. The van der Waals surface area contributed by atoms with E-state index in [0.717, 1.165) is 0 Å². The first-order chi connectivity index (χ1) is 7.20. The van der Waals surface area contributed by atoms with Gasteiger partial charge in [0.25, 0.3) is 0 Å². The predicted molar refractivity (Wildman–Crippen MR) is 58.0 cm³/mol. The van der Waals surface area contributed by atoms with Gasteiger partial charge >= 0.3 is 12.1 Å².